The lowest BCUT2D eigenvalue weighted by Crippen LogP contribution is -2.27. The van der Waals surface area contributed by atoms with E-state index in [1.165, 1.54) is 6.92 Å². The van der Waals surface area contributed by atoms with Crippen LogP contribution in [0.5, 0.6) is 0 Å². The van der Waals surface area contributed by atoms with E-state index < -0.39 is 5.67 Å². The monoisotopic (exact) mass is 130 g/mol. The third-order valence-electron chi connectivity index (χ3n) is 2.03. The Bertz CT molecular complexity index is 125. The molecule has 0 radical (unpaired) electrons. The molecule has 1 aliphatic rings. The van der Waals surface area contributed by atoms with Gasteiger partial charge in [-0.3, -0.25) is 4.79 Å². The molecule has 0 aliphatic heterocycles. The topological polar surface area (TPSA) is 17.1 Å². The van der Waals surface area contributed by atoms with Gasteiger partial charge in [-0.05, 0) is 32.6 Å². The van der Waals surface area contributed by atoms with Gasteiger partial charge in [-0.2, -0.15) is 0 Å². The van der Waals surface area contributed by atoms with Gasteiger partial charge in [0.25, 0.3) is 0 Å². The minimum atomic E-state index is -1.44. The summed E-state index contributed by atoms with van der Waals surface area (Å²) < 4.78 is 13.1. The molecule has 0 aromatic heterocycles. The fourth-order valence-electron chi connectivity index (χ4n) is 1.29. The van der Waals surface area contributed by atoms with Gasteiger partial charge in [0.1, 0.15) is 0 Å². The van der Waals surface area contributed by atoms with E-state index in [0.717, 1.165) is 12.8 Å². The van der Waals surface area contributed by atoms with Crippen LogP contribution in [0.4, 0.5) is 4.39 Å². The number of hydrogen-bond acceptors (Lipinski definition) is 1. The Labute approximate surface area is 54.3 Å². The van der Waals surface area contributed by atoms with Gasteiger partial charge in [0.15, 0.2) is 11.5 Å². The SMILES string of the molecule is CC(=O)C1(F)CCCC1. The minimum absolute atomic E-state index is 0.292. The predicted molar refractivity (Wildman–Crippen MR) is 33.0 cm³/mol. The van der Waals surface area contributed by atoms with Crippen LogP contribution in [-0.2, 0) is 4.79 Å². The van der Waals surface area contributed by atoms with Crippen LogP contribution in [0.1, 0.15) is 32.6 Å². The summed E-state index contributed by atoms with van der Waals surface area (Å²) >= 11 is 0. The largest absolute Gasteiger partial charge is 0.296 e. The molecule has 0 aromatic carbocycles. The summed E-state index contributed by atoms with van der Waals surface area (Å²) in [4.78, 5) is 10.6. The van der Waals surface area contributed by atoms with Crippen LogP contribution in [-0.4, -0.2) is 11.5 Å². The lowest BCUT2D eigenvalue weighted by molar-refractivity contribution is -0.127. The number of ketones is 1. The number of carbonyl (C=O) groups is 1. The molecule has 0 heterocycles. The maximum absolute atomic E-state index is 13.1. The van der Waals surface area contributed by atoms with Crippen LogP contribution >= 0.6 is 0 Å². The highest BCUT2D eigenvalue weighted by atomic mass is 19.1. The Hall–Kier alpha value is -0.400. The molecule has 1 nitrogen and oxygen atoms in total. The molecule has 1 saturated carbocycles. The number of Topliss-reactive ketones (excluding diaryl/α,β-unsaturated/α-hetero) is 1. The highest BCUT2D eigenvalue weighted by molar-refractivity contribution is 5.85. The molecule has 0 aromatic rings. The Morgan fingerprint density at radius 3 is 2.11 bits per heavy atom. The molecular formula is C7H11FO. The standard InChI is InChI=1S/C7H11FO/c1-6(9)7(8)4-2-3-5-7/h2-5H2,1H3. The van der Waals surface area contributed by atoms with Crippen LogP contribution in [0.2, 0.25) is 0 Å². The van der Waals surface area contributed by atoms with Crippen molar-refractivity contribution in [2.75, 3.05) is 0 Å². The smallest absolute Gasteiger partial charge is 0.168 e. The molecule has 9 heavy (non-hydrogen) atoms. The fraction of sp³-hybridized carbons (Fsp3) is 0.857. The van der Waals surface area contributed by atoms with Crippen LogP contribution in [0.3, 0.4) is 0 Å². The van der Waals surface area contributed by atoms with Gasteiger partial charge in [-0.25, -0.2) is 4.39 Å². The van der Waals surface area contributed by atoms with E-state index in [2.05, 4.69) is 0 Å². The zero-order valence-electron chi connectivity index (χ0n) is 5.61. The Morgan fingerprint density at radius 1 is 1.44 bits per heavy atom. The van der Waals surface area contributed by atoms with Gasteiger partial charge in [0.05, 0.1) is 0 Å². The van der Waals surface area contributed by atoms with Gasteiger partial charge in [-0.15, -0.1) is 0 Å². The summed E-state index contributed by atoms with van der Waals surface area (Å²) in [6.45, 7) is 1.34. The van der Waals surface area contributed by atoms with Gasteiger partial charge < -0.3 is 0 Å². The van der Waals surface area contributed by atoms with Gasteiger partial charge in [0.2, 0.25) is 0 Å². The van der Waals surface area contributed by atoms with Crippen molar-refractivity contribution in [1.29, 1.82) is 0 Å². The third-order valence-corrected chi connectivity index (χ3v) is 2.03. The van der Waals surface area contributed by atoms with E-state index in [0.29, 0.717) is 12.8 Å². The molecule has 0 bridgehead atoms. The molecule has 0 saturated heterocycles. The van der Waals surface area contributed by atoms with E-state index in [9.17, 15) is 9.18 Å². The maximum atomic E-state index is 13.1. The number of carbonyl (C=O) groups excluding carboxylic acids is 1. The number of hydrogen-bond donors (Lipinski definition) is 0. The van der Waals surface area contributed by atoms with Crippen LogP contribution in [0.25, 0.3) is 0 Å². The molecule has 2 heteroatoms. The van der Waals surface area contributed by atoms with Crippen molar-refractivity contribution in [3.05, 3.63) is 0 Å². The number of alkyl halides is 1. The van der Waals surface area contributed by atoms with Crippen molar-refractivity contribution in [2.24, 2.45) is 0 Å². The molecule has 1 aliphatic carbocycles. The second kappa shape index (κ2) is 2.09. The van der Waals surface area contributed by atoms with Crippen LogP contribution in [0.15, 0.2) is 0 Å². The average molecular weight is 130 g/mol. The molecule has 0 spiro atoms. The summed E-state index contributed by atoms with van der Waals surface area (Å²) in [6.07, 6.45) is 2.64. The minimum Gasteiger partial charge on any atom is -0.296 e. The quantitative estimate of drug-likeness (QED) is 0.529. The highest BCUT2D eigenvalue weighted by Crippen LogP contribution is 2.33. The first kappa shape index (κ1) is 6.72. The van der Waals surface area contributed by atoms with Gasteiger partial charge in [0, 0.05) is 0 Å². The average Bonchev–Trinajstić information content (AvgIpc) is 2.16. The highest BCUT2D eigenvalue weighted by Gasteiger charge is 2.37. The van der Waals surface area contributed by atoms with Gasteiger partial charge >= 0.3 is 0 Å². The molecule has 52 valence electrons. The Morgan fingerprint density at radius 2 is 1.89 bits per heavy atom. The van der Waals surface area contributed by atoms with Crippen molar-refractivity contribution in [3.63, 3.8) is 0 Å². The molecule has 0 atom stereocenters. The summed E-state index contributed by atoms with van der Waals surface area (Å²) in [5.41, 5.74) is -1.44. The Balaban J connectivity index is 2.61. The predicted octanol–water partition coefficient (Wildman–Crippen LogP) is 1.86. The first-order chi connectivity index (χ1) is 4.15. The van der Waals surface area contributed by atoms with Crippen molar-refractivity contribution >= 4 is 5.78 Å². The molecule has 0 unspecified atom stereocenters. The molecule has 0 amide bonds. The first-order valence-electron chi connectivity index (χ1n) is 3.35. The number of rotatable bonds is 1. The van der Waals surface area contributed by atoms with E-state index in [1.54, 1.807) is 0 Å². The first-order valence-corrected chi connectivity index (χ1v) is 3.35. The molecule has 0 N–H and O–H groups in total. The maximum Gasteiger partial charge on any atom is 0.168 e. The zero-order valence-corrected chi connectivity index (χ0v) is 5.61. The van der Waals surface area contributed by atoms with Crippen molar-refractivity contribution in [1.82, 2.24) is 0 Å². The van der Waals surface area contributed by atoms with Crippen molar-refractivity contribution in [2.45, 2.75) is 38.3 Å². The zero-order chi connectivity index (χ0) is 6.91. The van der Waals surface area contributed by atoms with Crippen molar-refractivity contribution < 1.29 is 9.18 Å². The van der Waals surface area contributed by atoms with Crippen LogP contribution in [0, 0.1) is 0 Å². The van der Waals surface area contributed by atoms with E-state index >= 15 is 0 Å². The summed E-state index contributed by atoms with van der Waals surface area (Å²) in [5.74, 6) is -0.292. The number of halogens is 1. The lowest BCUT2D eigenvalue weighted by atomic mass is 10.0. The third kappa shape index (κ3) is 1.12. The van der Waals surface area contributed by atoms with E-state index in [4.69, 9.17) is 0 Å². The fourth-order valence-corrected chi connectivity index (χ4v) is 1.29. The normalized spacial score (nSPS) is 24.2. The lowest BCUT2D eigenvalue weighted by Gasteiger charge is -2.12. The molecule has 1 fully saturated rings. The second-order valence-electron chi connectivity index (χ2n) is 2.73. The second-order valence-corrected chi connectivity index (χ2v) is 2.73. The summed E-state index contributed by atoms with van der Waals surface area (Å²) in [5, 5.41) is 0. The van der Waals surface area contributed by atoms with Crippen molar-refractivity contribution in [3.8, 4) is 0 Å². The summed E-state index contributed by atoms with van der Waals surface area (Å²) in [6, 6.07) is 0. The van der Waals surface area contributed by atoms with Gasteiger partial charge in [-0.1, -0.05) is 0 Å². The van der Waals surface area contributed by atoms with Crippen LogP contribution < -0.4 is 0 Å². The summed E-state index contributed by atoms with van der Waals surface area (Å²) in [7, 11) is 0. The Kier molecular flexibility index (Phi) is 1.56. The van der Waals surface area contributed by atoms with E-state index in [-0.39, 0.29) is 5.78 Å². The molecule has 1 rings (SSSR count). The molecular weight excluding hydrogens is 119 g/mol. The van der Waals surface area contributed by atoms with E-state index in [1.807, 2.05) is 0 Å².